The first kappa shape index (κ1) is 9.93. The molecule has 0 aliphatic carbocycles. The Morgan fingerprint density at radius 3 is 2.93 bits per heavy atom. The third kappa shape index (κ3) is 2.25. The molecule has 2 heterocycles. The van der Waals surface area contributed by atoms with Gasteiger partial charge in [-0.3, -0.25) is 0 Å². The van der Waals surface area contributed by atoms with Crippen molar-refractivity contribution in [2.45, 2.75) is 12.8 Å². The van der Waals surface area contributed by atoms with Gasteiger partial charge in [0.25, 0.3) is 0 Å². The van der Waals surface area contributed by atoms with Crippen molar-refractivity contribution in [2.75, 3.05) is 31.6 Å². The fraction of sp³-hybridized carbons (Fsp3) is 0.700. The third-order valence-corrected chi connectivity index (χ3v) is 3.63. The Bertz CT molecular complexity index is 252. The fourth-order valence-corrected chi connectivity index (χ4v) is 2.69. The summed E-state index contributed by atoms with van der Waals surface area (Å²) in [5, 5.41) is 6.49. The Kier molecular flexibility index (Phi) is 3.37. The van der Waals surface area contributed by atoms with Gasteiger partial charge in [0, 0.05) is 24.7 Å². The molecule has 1 saturated heterocycles. The van der Waals surface area contributed by atoms with E-state index in [0.29, 0.717) is 0 Å². The molecule has 1 aromatic rings. The van der Waals surface area contributed by atoms with E-state index in [4.69, 9.17) is 0 Å². The lowest BCUT2D eigenvalue weighted by atomic mass is 9.97. The Labute approximate surface area is 89.1 Å². The van der Waals surface area contributed by atoms with Gasteiger partial charge in [-0.05, 0) is 32.4 Å². The standard InChI is InChI=1S/C10H17N3S/c1-11-8-9-2-5-13(6-3-9)10-12-4-7-14-10/h4,7,9,11H,2-3,5-6,8H2,1H3. The van der Waals surface area contributed by atoms with E-state index in [0.717, 1.165) is 12.5 Å². The number of thiazole rings is 1. The van der Waals surface area contributed by atoms with Gasteiger partial charge < -0.3 is 10.2 Å². The molecule has 2 rings (SSSR count). The summed E-state index contributed by atoms with van der Waals surface area (Å²) < 4.78 is 0. The SMILES string of the molecule is CNCC1CCN(c2nccs2)CC1. The number of anilines is 1. The van der Waals surface area contributed by atoms with Crippen LogP contribution in [0.5, 0.6) is 0 Å². The molecule has 0 atom stereocenters. The molecule has 1 N–H and O–H groups in total. The molecular formula is C10H17N3S. The highest BCUT2D eigenvalue weighted by molar-refractivity contribution is 7.13. The molecule has 4 heteroatoms. The fourth-order valence-electron chi connectivity index (χ4n) is 1.99. The Morgan fingerprint density at radius 1 is 1.57 bits per heavy atom. The molecule has 0 saturated carbocycles. The first-order chi connectivity index (χ1) is 6.90. The van der Waals surface area contributed by atoms with Crippen LogP contribution >= 0.6 is 11.3 Å². The maximum absolute atomic E-state index is 4.34. The summed E-state index contributed by atoms with van der Waals surface area (Å²) >= 11 is 1.74. The van der Waals surface area contributed by atoms with Crippen molar-refractivity contribution < 1.29 is 0 Å². The molecule has 1 fully saturated rings. The lowest BCUT2D eigenvalue weighted by molar-refractivity contribution is 0.393. The summed E-state index contributed by atoms with van der Waals surface area (Å²) in [6.45, 7) is 3.49. The van der Waals surface area contributed by atoms with Gasteiger partial charge in [-0.25, -0.2) is 4.98 Å². The van der Waals surface area contributed by atoms with E-state index in [9.17, 15) is 0 Å². The average Bonchev–Trinajstić information content (AvgIpc) is 2.72. The monoisotopic (exact) mass is 211 g/mol. The van der Waals surface area contributed by atoms with Crippen LogP contribution in [0.2, 0.25) is 0 Å². The zero-order chi connectivity index (χ0) is 9.80. The van der Waals surface area contributed by atoms with Crippen LogP contribution in [0, 0.1) is 5.92 Å². The van der Waals surface area contributed by atoms with Crippen molar-refractivity contribution in [1.82, 2.24) is 10.3 Å². The third-order valence-electron chi connectivity index (χ3n) is 2.80. The van der Waals surface area contributed by atoms with Gasteiger partial charge in [0.1, 0.15) is 0 Å². The summed E-state index contributed by atoms with van der Waals surface area (Å²) in [5.74, 6) is 0.858. The normalized spacial score (nSPS) is 18.8. The van der Waals surface area contributed by atoms with Gasteiger partial charge in [0.05, 0.1) is 0 Å². The molecule has 14 heavy (non-hydrogen) atoms. The van der Waals surface area contributed by atoms with Crippen molar-refractivity contribution in [3.63, 3.8) is 0 Å². The van der Waals surface area contributed by atoms with Crippen LogP contribution in [-0.4, -0.2) is 31.7 Å². The first-order valence-corrected chi connectivity index (χ1v) is 6.07. The number of hydrogen-bond acceptors (Lipinski definition) is 4. The molecule has 0 radical (unpaired) electrons. The van der Waals surface area contributed by atoms with Crippen LogP contribution in [0.15, 0.2) is 11.6 Å². The Hall–Kier alpha value is -0.610. The molecular weight excluding hydrogens is 194 g/mol. The lowest BCUT2D eigenvalue weighted by Crippen LogP contribution is -2.36. The number of piperidine rings is 1. The first-order valence-electron chi connectivity index (χ1n) is 5.19. The van der Waals surface area contributed by atoms with Gasteiger partial charge in [-0.1, -0.05) is 0 Å². The molecule has 3 nitrogen and oxygen atoms in total. The number of nitrogens with one attached hydrogen (secondary N) is 1. The molecule has 0 bridgehead atoms. The summed E-state index contributed by atoms with van der Waals surface area (Å²) in [6.07, 6.45) is 4.47. The van der Waals surface area contributed by atoms with Crippen molar-refractivity contribution in [3.8, 4) is 0 Å². The minimum Gasteiger partial charge on any atom is -0.348 e. The van der Waals surface area contributed by atoms with Crippen molar-refractivity contribution in [2.24, 2.45) is 5.92 Å². The maximum atomic E-state index is 4.34. The topological polar surface area (TPSA) is 28.2 Å². The second-order valence-electron chi connectivity index (χ2n) is 3.80. The molecule has 0 spiro atoms. The van der Waals surface area contributed by atoms with Crippen molar-refractivity contribution in [1.29, 1.82) is 0 Å². The van der Waals surface area contributed by atoms with Gasteiger partial charge in [0.2, 0.25) is 0 Å². The summed E-state index contributed by atoms with van der Waals surface area (Å²) in [6, 6.07) is 0. The maximum Gasteiger partial charge on any atom is 0.185 e. The average molecular weight is 211 g/mol. The molecule has 0 unspecified atom stereocenters. The van der Waals surface area contributed by atoms with Crippen LogP contribution < -0.4 is 10.2 Å². The lowest BCUT2D eigenvalue weighted by Gasteiger charge is -2.31. The molecule has 1 aliphatic heterocycles. The quantitative estimate of drug-likeness (QED) is 0.823. The van der Waals surface area contributed by atoms with Crippen LogP contribution in [0.1, 0.15) is 12.8 Å². The van der Waals surface area contributed by atoms with Crippen molar-refractivity contribution in [3.05, 3.63) is 11.6 Å². The molecule has 0 aromatic carbocycles. The van der Waals surface area contributed by atoms with E-state index in [1.807, 2.05) is 13.2 Å². The molecule has 1 aromatic heterocycles. The van der Waals surface area contributed by atoms with E-state index >= 15 is 0 Å². The smallest absolute Gasteiger partial charge is 0.185 e. The minimum absolute atomic E-state index is 0.858. The van der Waals surface area contributed by atoms with Crippen LogP contribution in [0.25, 0.3) is 0 Å². The van der Waals surface area contributed by atoms with Gasteiger partial charge >= 0.3 is 0 Å². The van der Waals surface area contributed by atoms with Gasteiger partial charge in [0.15, 0.2) is 5.13 Å². The summed E-state index contributed by atoms with van der Waals surface area (Å²) in [5.41, 5.74) is 0. The number of hydrogen-bond donors (Lipinski definition) is 1. The number of aromatic nitrogens is 1. The Balaban J connectivity index is 1.84. The van der Waals surface area contributed by atoms with E-state index in [1.54, 1.807) is 11.3 Å². The van der Waals surface area contributed by atoms with Crippen molar-refractivity contribution >= 4 is 16.5 Å². The predicted molar refractivity (Wildman–Crippen MR) is 61.0 cm³/mol. The van der Waals surface area contributed by atoms with E-state index < -0.39 is 0 Å². The van der Waals surface area contributed by atoms with Gasteiger partial charge in [-0.15, -0.1) is 11.3 Å². The highest BCUT2D eigenvalue weighted by Crippen LogP contribution is 2.24. The predicted octanol–water partition coefficient (Wildman–Crippen LogP) is 1.58. The second-order valence-corrected chi connectivity index (χ2v) is 4.68. The van der Waals surface area contributed by atoms with Crippen LogP contribution in [0.4, 0.5) is 5.13 Å². The highest BCUT2D eigenvalue weighted by atomic mass is 32.1. The molecule has 0 amide bonds. The van der Waals surface area contributed by atoms with Crippen LogP contribution in [-0.2, 0) is 0 Å². The highest BCUT2D eigenvalue weighted by Gasteiger charge is 2.19. The zero-order valence-corrected chi connectivity index (χ0v) is 9.39. The minimum atomic E-state index is 0.858. The zero-order valence-electron chi connectivity index (χ0n) is 8.57. The molecule has 1 aliphatic rings. The summed E-state index contributed by atoms with van der Waals surface area (Å²) in [4.78, 5) is 6.74. The second kappa shape index (κ2) is 4.75. The number of nitrogens with zero attached hydrogens (tertiary/aromatic N) is 2. The van der Waals surface area contributed by atoms with Crippen LogP contribution in [0.3, 0.4) is 0 Å². The van der Waals surface area contributed by atoms with E-state index in [2.05, 4.69) is 20.6 Å². The number of rotatable bonds is 3. The largest absolute Gasteiger partial charge is 0.348 e. The van der Waals surface area contributed by atoms with Gasteiger partial charge in [-0.2, -0.15) is 0 Å². The Morgan fingerprint density at radius 2 is 2.36 bits per heavy atom. The summed E-state index contributed by atoms with van der Waals surface area (Å²) in [7, 11) is 2.03. The van der Waals surface area contributed by atoms with E-state index in [-0.39, 0.29) is 0 Å². The molecule has 78 valence electrons. The van der Waals surface area contributed by atoms with E-state index in [1.165, 1.54) is 31.1 Å².